The fraction of sp³-hybridized carbons (Fsp3) is 0.250. The average molecular weight is 619 g/mol. The van der Waals surface area contributed by atoms with Crippen molar-refractivity contribution in [1.82, 2.24) is 9.66 Å². The van der Waals surface area contributed by atoms with Crippen molar-refractivity contribution in [2.75, 3.05) is 6.61 Å². The zero-order valence-electron chi connectivity index (χ0n) is 23.3. The lowest BCUT2D eigenvalue weighted by Crippen LogP contribution is -2.23. The number of carbonyl (C=O) groups is 1. The second kappa shape index (κ2) is 13.4. The molecule has 1 heterocycles. The van der Waals surface area contributed by atoms with Crippen LogP contribution in [0.15, 0.2) is 81.6 Å². The van der Waals surface area contributed by atoms with Gasteiger partial charge in [-0.15, -0.1) is 6.58 Å². The van der Waals surface area contributed by atoms with Gasteiger partial charge >= 0.3 is 5.97 Å². The molecule has 212 valence electrons. The molecule has 0 saturated carbocycles. The minimum absolute atomic E-state index is 0.0126. The van der Waals surface area contributed by atoms with Crippen molar-refractivity contribution >= 4 is 39.0 Å². The van der Waals surface area contributed by atoms with Crippen LogP contribution in [0.5, 0.6) is 11.5 Å². The summed E-state index contributed by atoms with van der Waals surface area (Å²) in [6, 6.07) is 15.8. The molecule has 41 heavy (non-hydrogen) atoms. The lowest BCUT2D eigenvalue weighted by Gasteiger charge is -2.17. The van der Waals surface area contributed by atoms with Crippen LogP contribution in [-0.4, -0.2) is 33.6 Å². The smallest absolute Gasteiger partial charge is 0.335 e. The lowest BCUT2D eigenvalue weighted by molar-refractivity contribution is 0.0696. The van der Waals surface area contributed by atoms with Crippen LogP contribution in [0.4, 0.5) is 0 Å². The van der Waals surface area contributed by atoms with Crippen LogP contribution in [-0.2, 0) is 13.0 Å². The van der Waals surface area contributed by atoms with Crippen molar-refractivity contribution in [3.63, 3.8) is 0 Å². The number of aromatic nitrogens is 2. The molecule has 1 atom stereocenters. The van der Waals surface area contributed by atoms with E-state index in [1.807, 2.05) is 51.1 Å². The second-order valence-electron chi connectivity index (χ2n) is 9.53. The summed E-state index contributed by atoms with van der Waals surface area (Å²) >= 11 is 3.44. The van der Waals surface area contributed by atoms with Gasteiger partial charge in [0.15, 0.2) is 11.5 Å². The summed E-state index contributed by atoms with van der Waals surface area (Å²) in [4.78, 5) is 29.7. The highest BCUT2D eigenvalue weighted by Gasteiger charge is 2.17. The van der Waals surface area contributed by atoms with E-state index in [1.54, 1.807) is 30.5 Å². The van der Waals surface area contributed by atoms with Gasteiger partial charge in [0, 0.05) is 16.0 Å². The first-order valence-electron chi connectivity index (χ1n) is 13.4. The number of hydrogen-bond acceptors (Lipinski definition) is 6. The Balaban J connectivity index is 1.75. The van der Waals surface area contributed by atoms with Crippen LogP contribution in [0.3, 0.4) is 0 Å². The van der Waals surface area contributed by atoms with E-state index in [1.165, 1.54) is 10.7 Å². The molecule has 8 nitrogen and oxygen atoms in total. The second-order valence-corrected chi connectivity index (χ2v) is 10.4. The molecule has 0 aliphatic carbocycles. The van der Waals surface area contributed by atoms with E-state index in [9.17, 15) is 14.7 Å². The molecule has 4 aromatic rings. The van der Waals surface area contributed by atoms with Crippen molar-refractivity contribution in [2.24, 2.45) is 5.10 Å². The molecular formula is C32H32BrN3O5. The molecule has 1 N–H and O–H groups in total. The average Bonchev–Trinajstić information content (AvgIpc) is 2.96. The summed E-state index contributed by atoms with van der Waals surface area (Å²) in [7, 11) is 0. The van der Waals surface area contributed by atoms with Gasteiger partial charge in [-0.1, -0.05) is 48.0 Å². The first-order valence-corrected chi connectivity index (χ1v) is 14.2. The van der Waals surface area contributed by atoms with E-state index < -0.39 is 5.97 Å². The number of benzene rings is 3. The molecule has 3 aromatic carbocycles. The number of fused-ring (bicyclic) bond motifs is 1. The first kappa shape index (κ1) is 29.7. The quantitative estimate of drug-likeness (QED) is 0.136. The van der Waals surface area contributed by atoms with Gasteiger partial charge in [-0.05, 0) is 73.4 Å². The molecule has 0 aliphatic rings. The SMILES string of the molecule is C=CCc1cc(C=Nn2c([C@@H](C)CC)nc3ccc(Br)cc3c2=O)cc(OCC)c1OCc1cccc(C(=O)O)c1. The minimum atomic E-state index is -0.998. The van der Waals surface area contributed by atoms with Crippen molar-refractivity contribution in [3.05, 3.63) is 110 Å². The van der Waals surface area contributed by atoms with E-state index in [2.05, 4.69) is 27.6 Å². The summed E-state index contributed by atoms with van der Waals surface area (Å²) in [5.74, 6) is 0.654. The van der Waals surface area contributed by atoms with Gasteiger partial charge < -0.3 is 14.6 Å². The molecular weight excluding hydrogens is 586 g/mol. The zero-order chi connectivity index (χ0) is 29.5. The first-order chi connectivity index (χ1) is 19.7. The highest BCUT2D eigenvalue weighted by Crippen LogP contribution is 2.34. The number of nitrogens with zero attached hydrogens (tertiary/aromatic N) is 3. The number of halogens is 1. The Morgan fingerprint density at radius 3 is 2.68 bits per heavy atom. The number of ether oxygens (including phenoxy) is 2. The van der Waals surface area contributed by atoms with Crippen LogP contribution in [0, 0.1) is 0 Å². The van der Waals surface area contributed by atoms with E-state index in [-0.39, 0.29) is 23.6 Å². The van der Waals surface area contributed by atoms with Crippen LogP contribution in [0.2, 0.25) is 0 Å². The predicted molar refractivity (Wildman–Crippen MR) is 165 cm³/mol. The van der Waals surface area contributed by atoms with Gasteiger partial charge in [-0.2, -0.15) is 9.78 Å². The van der Waals surface area contributed by atoms with Gasteiger partial charge in [0.05, 0.1) is 29.3 Å². The number of aromatic carboxylic acids is 1. The van der Waals surface area contributed by atoms with Gasteiger partial charge in [0.2, 0.25) is 0 Å². The molecule has 0 unspecified atom stereocenters. The number of allylic oxidation sites excluding steroid dienone is 1. The zero-order valence-corrected chi connectivity index (χ0v) is 24.8. The molecule has 0 aliphatic heterocycles. The monoisotopic (exact) mass is 617 g/mol. The highest BCUT2D eigenvalue weighted by atomic mass is 79.9. The summed E-state index contributed by atoms with van der Waals surface area (Å²) in [5, 5.41) is 14.4. The Kier molecular flexibility index (Phi) is 9.73. The Morgan fingerprint density at radius 1 is 1.17 bits per heavy atom. The fourth-order valence-electron chi connectivity index (χ4n) is 4.34. The van der Waals surface area contributed by atoms with Gasteiger partial charge in [0.1, 0.15) is 12.4 Å². The molecule has 0 fully saturated rings. The molecule has 1 aromatic heterocycles. The Hall–Kier alpha value is -4.24. The van der Waals surface area contributed by atoms with E-state index in [0.29, 0.717) is 46.8 Å². The van der Waals surface area contributed by atoms with Gasteiger partial charge in [-0.3, -0.25) is 4.79 Å². The summed E-state index contributed by atoms with van der Waals surface area (Å²) in [6.07, 6.45) is 4.67. The summed E-state index contributed by atoms with van der Waals surface area (Å²) < 4.78 is 14.3. The molecule has 0 radical (unpaired) electrons. The topological polar surface area (TPSA) is 103 Å². The minimum Gasteiger partial charge on any atom is -0.490 e. The number of carboxylic acid groups (broad SMARTS) is 1. The normalized spacial score (nSPS) is 12.0. The van der Waals surface area contributed by atoms with Crippen LogP contribution in [0.1, 0.15) is 66.0 Å². The van der Waals surface area contributed by atoms with Gasteiger partial charge in [-0.25, -0.2) is 9.78 Å². The third kappa shape index (κ3) is 6.92. The maximum absolute atomic E-state index is 13.5. The van der Waals surface area contributed by atoms with Crippen LogP contribution < -0.4 is 15.0 Å². The van der Waals surface area contributed by atoms with Crippen LogP contribution in [0.25, 0.3) is 10.9 Å². The molecule has 4 rings (SSSR count). The van der Waals surface area contributed by atoms with Crippen molar-refractivity contribution in [1.29, 1.82) is 0 Å². The maximum atomic E-state index is 13.5. The molecule has 0 amide bonds. The molecule has 0 spiro atoms. The van der Waals surface area contributed by atoms with E-state index in [0.717, 1.165) is 22.0 Å². The molecule has 0 bridgehead atoms. The van der Waals surface area contributed by atoms with Crippen LogP contribution >= 0.6 is 15.9 Å². The van der Waals surface area contributed by atoms with Crippen molar-refractivity contribution in [2.45, 2.75) is 46.1 Å². The largest absolute Gasteiger partial charge is 0.490 e. The Bertz CT molecular complexity index is 1680. The number of rotatable bonds is 12. The summed E-state index contributed by atoms with van der Waals surface area (Å²) in [5.41, 5.74) is 2.81. The fourth-order valence-corrected chi connectivity index (χ4v) is 4.71. The van der Waals surface area contributed by atoms with E-state index >= 15 is 0 Å². The number of carboxylic acids is 1. The van der Waals surface area contributed by atoms with Crippen molar-refractivity contribution < 1.29 is 19.4 Å². The lowest BCUT2D eigenvalue weighted by atomic mass is 10.1. The third-order valence-electron chi connectivity index (χ3n) is 6.58. The molecule has 9 heteroatoms. The van der Waals surface area contributed by atoms with E-state index in [4.69, 9.17) is 14.5 Å². The standard InChI is InChI=1S/C32H32BrN3O5/c1-5-9-23-15-22(16-28(40-7-3)29(23)41-19-21-10-8-11-24(14-21)32(38)39)18-34-36-30(20(4)6-2)35-27-13-12-25(33)17-26(27)31(36)37/h5,8,10-18,20H,1,6-7,9,19H2,2-4H3,(H,38,39)/t20-/m0/s1. The Morgan fingerprint density at radius 2 is 1.98 bits per heavy atom. The number of hydrogen-bond donors (Lipinski definition) is 1. The maximum Gasteiger partial charge on any atom is 0.335 e. The van der Waals surface area contributed by atoms with Gasteiger partial charge in [0.25, 0.3) is 5.56 Å². The summed E-state index contributed by atoms with van der Waals surface area (Å²) in [6.45, 7) is 10.4. The third-order valence-corrected chi connectivity index (χ3v) is 7.08. The predicted octanol–water partition coefficient (Wildman–Crippen LogP) is 6.96. The Labute approximate surface area is 247 Å². The molecule has 0 saturated heterocycles. The van der Waals surface area contributed by atoms with Crippen molar-refractivity contribution in [3.8, 4) is 11.5 Å². The highest BCUT2D eigenvalue weighted by molar-refractivity contribution is 9.10.